The SMILES string of the molecule is CC(C)C(C)CNC(=O)c1cn(C2CCNCC2)nn1. The molecule has 1 aromatic rings. The number of carbonyl (C=O) groups excluding carboxylic acids is 1. The molecule has 1 atom stereocenters. The normalized spacial score (nSPS) is 18.2. The molecule has 1 aliphatic rings. The molecular formula is C14H25N5O. The van der Waals surface area contributed by atoms with Crippen LogP contribution >= 0.6 is 0 Å². The fourth-order valence-corrected chi connectivity index (χ4v) is 2.21. The second kappa shape index (κ2) is 6.83. The lowest BCUT2D eigenvalue weighted by atomic mass is 9.98. The van der Waals surface area contributed by atoms with Gasteiger partial charge in [0.05, 0.1) is 12.2 Å². The third-order valence-electron chi connectivity index (χ3n) is 4.15. The van der Waals surface area contributed by atoms with Crippen molar-refractivity contribution >= 4 is 5.91 Å². The molecule has 1 amide bonds. The zero-order valence-corrected chi connectivity index (χ0v) is 12.6. The van der Waals surface area contributed by atoms with Gasteiger partial charge >= 0.3 is 0 Å². The molecule has 6 heteroatoms. The van der Waals surface area contributed by atoms with E-state index in [1.54, 1.807) is 6.20 Å². The Morgan fingerprint density at radius 3 is 2.80 bits per heavy atom. The summed E-state index contributed by atoms with van der Waals surface area (Å²) < 4.78 is 1.83. The summed E-state index contributed by atoms with van der Waals surface area (Å²) in [6.07, 6.45) is 3.84. The Kier molecular flexibility index (Phi) is 5.11. The molecule has 1 fully saturated rings. The van der Waals surface area contributed by atoms with Crippen molar-refractivity contribution in [3.63, 3.8) is 0 Å². The number of nitrogens with zero attached hydrogens (tertiary/aromatic N) is 3. The van der Waals surface area contributed by atoms with E-state index in [4.69, 9.17) is 0 Å². The zero-order valence-electron chi connectivity index (χ0n) is 12.6. The Balaban J connectivity index is 1.89. The van der Waals surface area contributed by atoms with Crippen LogP contribution in [-0.2, 0) is 0 Å². The lowest BCUT2D eigenvalue weighted by molar-refractivity contribution is 0.0940. The molecule has 1 aromatic heterocycles. The number of rotatable bonds is 5. The van der Waals surface area contributed by atoms with Gasteiger partial charge in [-0.1, -0.05) is 26.0 Å². The number of nitrogens with one attached hydrogen (secondary N) is 2. The maximum absolute atomic E-state index is 12.0. The van der Waals surface area contributed by atoms with E-state index < -0.39 is 0 Å². The van der Waals surface area contributed by atoms with E-state index in [9.17, 15) is 4.79 Å². The smallest absolute Gasteiger partial charge is 0.273 e. The number of aromatic nitrogens is 3. The molecule has 0 radical (unpaired) electrons. The van der Waals surface area contributed by atoms with Gasteiger partial charge in [-0.05, 0) is 37.8 Å². The lowest BCUT2D eigenvalue weighted by Crippen LogP contribution is -2.30. The molecule has 0 saturated carbocycles. The standard InChI is InChI=1S/C14H25N5O/c1-10(2)11(3)8-16-14(20)13-9-19(18-17-13)12-4-6-15-7-5-12/h9-12,15H,4-8H2,1-3H3,(H,16,20). The topological polar surface area (TPSA) is 71.8 Å². The third-order valence-corrected chi connectivity index (χ3v) is 4.15. The molecule has 0 aromatic carbocycles. The fourth-order valence-electron chi connectivity index (χ4n) is 2.21. The van der Waals surface area contributed by atoms with Gasteiger partial charge in [-0.15, -0.1) is 5.10 Å². The molecule has 0 spiro atoms. The molecule has 1 saturated heterocycles. The van der Waals surface area contributed by atoms with Gasteiger partial charge in [-0.25, -0.2) is 4.68 Å². The van der Waals surface area contributed by atoms with Crippen LogP contribution in [0.1, 0.15) is 50.1 Å². The van der Waals surface area contributed by atoms with Gasteiger partial charge in [-0.3, -0.25) is 4.79 Å². The summed E-state index contributed by atoms with van der Waals surface area (Å²) in [4.78, 5) is 12.0. The van der Waals surface area contributed by atoms with Crippen LogP contribution in [0, 0.1) is 11.8 Å². The summed E-state index contributed by atoms with van der Waals surface area (Å²) in [5.41, 5.74) is 0.416. The van der Waals surface area contributed by atoms with Crippen LogP contribution in [0.15, 0.2) is 6.20 Å². The predicted molar refractivity (Wildman–Crippen MR) is 77.5 cm³/mol. The molecule has 112 valence electrons. The number of piperidine rings is 1. The van der Waals surface area contributed by atoms with Crippen molar-refractivity contribution in [2.45, 2.75) is 39.7 Å². The monoisotopic (exact) mass is 279 g/mol. The van der Waals surface area contributed by atoms with Gasteiger partial charge < -0.3 is 10.6 Å². The van der Waals surface area contributed by atoms with E-state index >= 15 is 0 Å². The molecule has 0 bridgehead atoms. The van der Waals surface area contributed by atoms with Crippen molar-refractivity contribution < 1.29 is 4.79 Å². The van der Waals surface area contributed by atoms with Crippen molar-refractivity contribution in [2.24, 2.45) is 11.8 Å². The first-order valence-electron chi connectivity index (χ1n) is 7.48. The number of hydrogen-bond acceptors (Lipinski definition) is 4. The number of hydrogen-bond donors (Lipinski definition) is 2. The van der Waals surface area contributed by atoms with Gasteiger partial charge in [0.1, 0.15) is 0 Å². The van der Waals surface area contributed by atoms with Crippen LogP contribution in [0.25, 0.3) is 0 Å². The van der Waals surface area contributed by atoms with Crippen LogP contribution < -0.4 is 10.6 Å². The van der Waals surface area contributed by atoms with E-state index in [1.807, 2.05) is 4.68 Å². The first kappa shape index (κ1) is 15.0. The Morgan fingerprint density at radius 2 is 2.15 bits per heavy atom. The minimum atomic E-state index is -0.127. The van der Waals surface area contributed by atoms with Crippen LogP contribution in [-0.4, -0.2) is 40.5 Å². The van der Waals surface area contributed by atoms with Gasteiger partial charge in [0, 0.05) is 6.54 Å². The molecule has 2 rings (SSSR count). The molecular weight excluding hydrogens is 254 g/mol. The van der Waals surface area contributed by atoms with E-state index in [1.165, 1.54) is 0 Å². The fraction of sp³-hybridized carbons (Fsp3) is 0.786. The van der Waals surface area contributed by atoms with Crippen LogP contribution in [0.2, 0.25) is 0 Å². The van der Waals surface area contributed by atoms with Crippen molar-refractivity contribution in [3.8, 4) is 0 Å². The van der Waals surface area contributed by atoms with Gasteiger partial charge in [0.2, 0.25) is 0 Å². The van der Waals surface area contributed by atoms with E-state index in [0.29, 0.717) is 30.1 Å². The number of carbonyl (C=O) groups is 1. The Morgan fingerprint density at radius 1 is 1.45 bits per heavy atom. The summed E-state index contributed by atoms with van der Waals surface area (Å²) in [5.74, 6) is 0.886. The molecule has 0 aliphatic carbocycles. The largest absolute Gasteiger partial charge is 0.350 e. The molecule has 20 heavy (non-hydrogen) atoms. The highest BCUT2D eigenvalue weighted by atomic mass is 16.2. The quantitative estimate of drug-likeness (QED) is 0.850. The summed E-state index contributed by atoms with van der Waals surface area (Å²) in [5, 5.41) is 14.3. The first-order chi connectivity index (χ1) is 9.58. The average Bonchev–Trinajstić information content (AvgIpc) is 2.95. The Hall–Kier alpha value is -1.43. The van der Waals surface area contributed by atoms with Crippen LogP contribution in [0.5, 0.6) is 0 Å². The second-order valence-corrected chi connectivity index (χ2v) is 6.00. The van der Waals surface area contributed by atoms with Gasteiger partial charge in [0.15, 0.2) is 5.69 Å². The van der Waals surface area contributed by atoms with E-state index in [0.717, 1.165) is 25.9 Å². The molecule has 2 heterocycles. The van der Waals surface area contributed by atoms with E-state index in [2.05, 4.69) is 41.7 Å². The molecule has 2 N–H and O–H groups in total. The summed E-state index contributed by atoms with van der Waals surface area (Å²) in [7, 11) is 0. The van der Waals surface area contributed by atoms with Crippen molar-refractivity contribution in [2.75, 3.05) is 19.6 Å². The highest BCUT2D eigenvalue weighted by Crippen LogP contribution is 2.17. The summed E-state index contributed by atoms with van der Waals surface area (Å²) in [6.45, 7) is 9.12. The van der Waals surface area contributed by atoms with Crippen LogP contribution in [0.4, 0.5) is 0 Å². The van der Waals surface area contributed by atoms with Gasteiger partial charge in [0.25, 0.3) is 5.91 Å². The summed E-state index contributed by atoms with van der Waals surface area (Å²) >= 11 is 0. The molecule has 6 nitrogen and oxygen atoms in total. The minimum Gasteiger partial charge on any atom is -0.350 e. The van der Waals surface area contributed by atoms with Crippen molar-refractivity contribution in [1.29, 1.82) is 0 Å². The zero-order chi connectivity index (χ0) is 14.5. The highest BCUT2D eigenvalue weighted by Gasteiger charge is 2.19. The second-order valence-electron chi connectivity index (χ2n) is 6.00. The average molecular weight is 279 g/mol. The molecule has 1 aliphatic heterocycles. The maximum Gasteiger partial charge on any atom is 0.273 e. The lowest BCUT2D eigenvalue weighted by Gasteiger charge is -2.22. The van der Waals surface area contributed by atoms with Crippen molar-refractivity contribution in [1.82, 2.24) is 25.6 Å². The number of amides is 1. The highest BCUT2D eigenvalue weighted by molar-refractivity contribution is 5.91. The third kappa shape index (κ3) is 3.79. The maximum atomic E-state index is 12.0. The Labute approximate surface area is 120 Å². The predicted octanol–water partition coefficient (Wildman–Crippen LogP) is 1.22. The van der Waals surface area contributed by atoms with E-state index in [-0.39, 0.29) is 5.91 Å². The molecule has 1 unspecified atom stereocenters. The Bertz CT molecular complexity index is 437. The van der Waals surface area contributed by atoms with Crippen molar-refractivity contribution in [3.05, 3.63) is 11.9 Å². The van der Waals surface area contributed by atoms with Crippen LogP contribution in [0.3, 0.4) is 0 Å². The first-order valence-corrected chi connectivity index (χ1v) is 7.48. The minimum absolute atomic E-state index is 0.127. The summed E-state index contributed by atoms with van der Waals surface area (Å²) in [6, 6.07) is 0.361. The van der Waals surface area contributed by atoms with Gasteiger partial charge in [-0.2, -0.15) is 0 Å².